The van der Waals surface area contributed by atoms with E-state index in [9.17, 15) is 8.42 Å². The molecule has 18 heavy (non-hydrogen) atoms. The van der Waals surface area contributed by atoms with Gasteiger partial charge in [-0.1, -0.05) is 6.92 Å². The molecule has 1 aromatic carbocycles. The van der Waals surface area contributed by atoms with E-state index >= 15 is 0 Å². The average molecular weight is 266 g/mol. The van der Waals surface area contributed by atoms with E-state index in [0.717, 1.165) is 11.5 Å². The highest BCUT2D eigenvalue weighted by Crippen LogP contribution is 2.15. The Morgan fingerprint density at radius 1 is 1.28 bits per heavy atom. The first-order valence-electron chi connectivity index (χ1n) is 5.53. The number of nitrogens with one attached hydrogen (secondary N) is 2. The molecule has 0 fully saturated rings. The molecule has 6 nitrogen and oxygen atoms in total. The lowest BCUT2D eigenvalue weighted by atomic mass is 10.3. The largest absolute Gasteiger partial charge is 0.378 e. The number of hydrogen-bond donors (Lipinski definition) is 2. The Kier molecular flexibility index (Phi) is 3.61. The van der Waals surface area contributed by atoms with Crippen molar-refractivity contribution in [1.82, 2.24) is 15.2 Å². The van der Waals surface area contributed by atoms with E-state index in [1.165, 1.54) is 6.33 Å². The van der Waals surface area contributed by atoms with Crippen molar-refractivity contribution in [3.05, 3.63) is 36.4 Å². The normalized spacial score (nSPS) is 11.4. The zero-order valence-corrected chi connectivity index (χ0v) is 10.7. The summed E-state index contributed by atoms with van der Waals surface area (Å²) in [7, 11) is -3.13. The molecule has 0 aliphatic heterocycles. The SMILES string of the molecule is CCS(=O)(=O)c1ccc(NCc2ncn[nH]2)cc1. The molecule has 0 amide bonds. The van der Waals surface area contributed by atoms with E-state index < -0.39 is 9.84 Å². The fourth-order valence-corrected chi connectivity index (χ4v) is 2.33. The molecule has 0 aliphatic carbocycles. The van der Waals surface area contributed by atoms with Crippen LogP contribution in [0.5, 0.6) is 0 Å². The van der Waals surface area contributed by atoms with Gasteiger partial charge in [0.2, 0.25) is 0 Å². The molecular formula is C11H14N4O2S. The summed E-state index contributed by atoms with van der Waals surface area (Å²) in [5, 5.41) is 9.58. The van der Waals surface area contributed by atoms with Gasteiger partial charge in [-0.3, -0.25) is 5.10 Å². The molecular weight excluding hydrogens is 252 g/mol. The Hall–Kier alpha value is -1.89. The maximum Gasteiger partial charge on any atom is 0.178 e. The number of hydrogen-bond acceptors (Lipinski definition) is 5. The predicted molar refractivity (Wildman–Crippen MR) is 67.9 cm³/mol. The van der Waals surface area contributed by atoms with E-state index in [1.54, 1.807) is 31.2 Å². The van der Waals surface area contributed by atoms with Gasteiger partial charge in [-0.2, -0.15) is 5.10 Å². The summed E-state index contributed by atoms with van der Waals surface area (Å²) in [6.07, 6.45) is 1.44. The minimum atomic E-state index is -3.13. The molecule has 2 N–H and O–H groups in total. The van der Waals surface area contributed by atoms with Crippen LogP contribution in [0.3, 0.4) is 0 Å². The maximum atomic E-state index is 11.6. The van der Waals surface area contributed by atoms with E-state index in [2.05, 4.69) is 20.5 Å². The highest BCUT2D eigenvalue weighted by molar-refractivity contribution is 7.91. The zero-order chi connectivity index (χ0) is 13.0. The Balaban J connectivity index is 2.04. The monoisotopic (exact) mass is 266 g/mol. The van der Waals surface area contributed by atoms with E-state index in [-0.39, 0.29) is 5.75 Å². The highest BCUT2D eigenvalue weighted by Gasteiger charge is 2.10. The van der Waals surface area contributed by atoms with Crippen molar-refractivity contribution in [2.45, 2.75) is 18.4 Å². The molecule has 1 heterocycles. The van der Waals surface area contributed by atoms with Gasteiger partial charge in [-0.05, 0) is 24.3 Å². The first kappa shape index (κ1) is 12.6. The van der Waals surface area contributed by atoms with Gasteiger partial charge >= 0.3 is 0 Å². The number of rotatable bonds is 5. The van der Waals surface area contributed by atoms with Gasteiger partial charge in [0.05, 0.1) is 17.2 Å². The molecule has 0 spiro atoms. The van der Waals surface area contributed by atoms with Gasteiger partial charge in [-0.25, -0.2) is 13.4 Å². The van der Waals surface area contributed by atoms with Crippen molar-refractivity contribution in [1.29, 1.82) is 0 Å². The molecule has 0 aliphatic rings. The van der Waals surface area contributed by atoms with Crippen LogP contribution in [0, 0.1) is 0 Å². The van der Waals surface area contributed by atoms with Crippen LogP contribution in [-0.4, -0.2) is 29.4 Å². The van der Waals surface area contributed by atoms with Crippen molar-refractivity contribution in [3.63, 3.8) is 0 Å². The number of aromatic amines is 1. The molecule has 0 bridgehead atoms. The second kappa shape index (κ2) is 5.18. The minimum Gasteiger partial charge on any atom is -0.378 e. The van der Waals surface area contributed by atoms with E-state index in [4.69, 9.17) is 0 Å². The standard InChI is InChI=1S/C11H14N4O2S/c1-2-18(16,17)10-5-3-9(4-6-10)12-7-11-13-8-14-15-11/h3-6,8,12H,2,7H2,1H3,(H,13,14,15). The van der Waals surface area contributed by atoms with Crippen LogP contribution >= 0.6 is 0 Å². The van der Waals surface area contributed by atoms with Crippen LogP contribution in [0.1, 0.15) is 12.7 Å². The molecule has 1 aromatic heterocycles. The molecule has 96 valence electrons. The van der Waals surface area contributed by atoms with Crippen molar-refractivity contribution >= 4 is 15.5 Å². The lowest BCUT2D eigenvalue weighted by Crippen LogP contribution is -2.04. The van der Waals surface area contributed by atoms with Gasteiger partial charge in [0.1, 0.15) is 12.2 Å². The van der Waals surface area contributed by atoms with Gasteiger partial charge in [0.15, 0.2) is 9.84 Å². The molecule has 2 rings (SSSR count). The molecule has 0 unspecified atom stereocenters. The van der Waals surface area contributed by atoms with Crippen molar-refractivity contribution < 1.29 is 8.42 Å². The van der Waals surface area contributed by atoms with Crippen molar-refractivity contribution in [3.8, 4) is 0 Å². The molecule has 2 aromatic rings. The highest BCUT2D eigenvalue weighted by atomic mass is 32.2. The molecule has 0 saturated carbocycles. The third-order valence-corrected chi connectivity index (χ3v) is 4.27. The van der Waals surface area contributed by atoms with Gasteiger partial charge < -0.3 is 5.32 Å². The van der Waals surface area contributed by atoms with Gasteiger partial charge in [0.25, 0.3) is 0 Å². The number of nitrogens with zero attached hydrogens (tertiary/aromatic N) is 2. The summed E-state index contributed by atoms with van der Waals surface area (Å²) < 4.78 is 23.2. The Morgan fingerprint density at radius 3 is 2.56 bits per heavy atom. The smallest absolute Gasteiger partial charge is 0.178 e. The van der Waals surface area contributed by atoms with Crippen LogP contribution in [0.25, 0.3) is 0 Å². The first-order valence-corrected chi connectivity index (χ1v) is 7.18. The van der Waals surface area contributed by atoms with Crippen LogP contribution in [0.2, 0.25) is 0 Å². The summed E-state index contributed by atoms with van der Waals surface area (Å²) in [5.41, 5.74) is 0.835. The third kappa shape index (κ3) is 2.86. The summed E-state index contributed by atoms with van der Waals surface area (Å²) in [5.74, 6) is 0.831. The Morgan fingerprint density at radius 2 is 2.00 bits per heavy atom. The lowest BCUT2D eigenvalue weighted by molar-refractivity contribution is 0.597. The fraction of sp³-hybridized carbons (Fsp3) is 0.273. The molecule has 7 heteroatoms. The summed E-state index contributed by atoms with van der Waals surface area (Å²) in [6, 6.07) is 6.67. The average Bonchev–Trinajstić information content (AvgIpc) is 2.90. The first-order chi connectivity index (χ1) is 8.62. The van der Waals surface area contributed by atoms with Crippen molar-refractivity contribution in [2.24, 2.45) is 0 Å². The van der Waals surface area contributed by atoms with Gasteiger partial charge in [0, 0.05) is 5.69 Å². The number of sulfone groups is 1. The van der Waals surface area contributed by atoms with Crippen LogP contribution < -0.4 is 5.32 Å². The van der Waals surface area contributed by atoms with Gasteiger partial charge in [-0.15, -0.1) is 0 Å². The Bertz CT molecular complexity index is 590. The summed E-state index contributed by atoms with van der Waals surface area (Å²) >= 11 is 0. The zero-order valence-electron chi connectivity index (χ0n) is 9.92. The minimum absolute atomic E-state index is 0.109. The molecule has 0 atom stereocenters. The second-order valence-corrected chi connectivity index (χ2v) is 5.99. The second-order valence-electron chi connectivity index (χ2n) is 3.71. The van der Waals surface area contributed by atoms with E-state index in [0.29, 0.717) is 11.4 Å². The topological polar surface area (TPSA) is 87.7 Å². The number of aromatic nitrogens is 3. The molecule has 0 radical (unpaired) electrons. The summed E-state index contributed by atoms with van der Waals surface area (Å²) in [4.78, 5) is 4.32. The third-order valence-electron chi connectivity index (χ3n) is 2.52. The van der Waals surface area contributed by atoms with E-state index in [1.807, 2.05) is 0 Å². The Labute approximate surface area is 105 Å². The predicted octanol–water partition coefficient (Wildman–Crippen LogP) is 1.21. The number of benzene rings is 1. The number of anilines is 1. The van der Waals surface area contributed by atoms with Crippen LogP contribution in [-0.2, 0) is 16.4 Å². The van der Waals surface area contributed by atoms with Crippen LogP contribution in [0.4, 0.5) is 5.69 Å². The van der Waals surface area contributed by atoms with Crippen LogP contribution in [0.15, 0.2) is 35.5 Å². The fourth-order valence-electron chi connectivity index (χ4n) is 1.45. The quantitative estimate of drug-likeness (QED) is 0.849. The maximum absolute atomic E-state index is 11.6. The molecule has 0 saturated heterocycles. The summed E-state index contributed by atoms with van der Waals surface area (Å²) in [6.45, 7) is 2.14. The number of H-pyrrole nitrogens is 1. The lowest BCUT2D eigenvalue weighted by Gasteiger charge is -2.06. The van der Waals surface area contributed by atoms with Crippen molar-refractivity contribution in [2.75, 3.05) is 11.1 Å².